The molecular formula is C22H27FN2O3. The zero-order chi connectivity index (χ0) is 19.9. The van der Waals surface area contributed by atoms with E-state index >= 15 is 0 Å². The van der Waals surface area contributed by atoms with Crippen molar-refractivity contribution in [2.24, 2.45) is 0 Å². The van der Waals surface area contributed by atoms with Crippen LogP contribution < -0.4 is 4.74 Å². The van der Waals surface area contributed by atoms with Gasteiger partial charge < -0.3 is 14.7 Å². The lowest BCUT2D eigenvalue weighted by atomic mass is 10.1. The Kier molecular flexibility index (Phi) is 7.01. The number of aliphatic hydroxyl groups is 1. The average Bonchev–Trinajstić information content (AvgIpc) is 2.70. The molecule has 1 unspecified atom stereocenters. The van der Waals surface area contributed by atoms with Crippen molar-refractivity contribution in [1.82, 2.24) is 9.80 Å². The van der Waals surface area contributed by atoms with Gasteiger partial charge in [0, 0.05) is 32.7 Å². The highest BCUT2D eigenvalue weighted by Gasteiger charge is 2.22. The van der Waals surface area contributed by atoms with E-state index in [1.807, 2.05) is 36.1 Å². The lowest BCUT2D eigenvalue weighted by molar-refractivity contribution is -0.132. The van der Waals surface area contributed by atoms with Crippen molar-refractivity contribution in [3.05, 3.63) is 65.5 Å². The minimum atomic E-state index is -0.581. The second kappa shape index (κ2) is 9.66. The Balaban J connectivity index is 1.37. The summed E-state index contributed by atoms with van der Waals surface area (Å²) in [6.45, 7) is 5.48. The molecule has 0 saturated carbocycles. The summed E-state index contributed by atoms with van der Waals surface area (Å²) in [6, 6.07) is 13.8. The van der Waals surface area contributed by atoms with E-state index in [0.717, 1.165) is 24.4 Å². The maximum Gasteiger partial charge on any atom is 0.227 e. The third-order valence-corrected chi connectivity index (χ3v) is 4.93. The Morgan fingerprint density at radius 3 is 2.36 bits per heavy atom. The molecule has 1 saturated heterocycles. The number of hydrogen-bond donors (Lipinski definition) is 1. The van der Waals surface area contributed by atoms with Crippen LogP contribution in [0.5, 0.6) is 5.75 Å². The summed E-state index contributed by atoms with van der Waals surface area (Å²) in [6.07, 6.45) is -0.296. The fourth-order valence-electron chi connectivity index (χ4n) is 3.25. The fraction of sp³-hybridized carbons (Fsp3) is 0.409. The molecule has 0 bridgehead atoms. The van der Waals surface area contributed by atoms with Crippen LogP contribution in [0.15, 0.2) is 48.5 Å². The van der Waals surface area contributed by atoms with Gasteiger partial charge in [0.2, 0.25) is 5.91 Å². The molecule has 1 fully saturated rings. The number of carbonyl (C=O) groups excluding carboxylic acids is 1. The number of β-amino-alcohol motifs (C(OH)–C–C–N with tert-alkyl or cyclic N) is 1. The van der Waals surface area contributed by atoms with Gasteiger partial charge in [0.05, 0.1) is 6.42 Å². The SMILES string of the molecule is Cc1ccc(OCC(O)CN2CCN(C(=O)Cc3ccc(F)cc3)CC2)cc1. The first-order valence-corrected chi connectivity index (χ1v) is 9.62. The lowest BCUT2D eigenvalue weighted by Crippen LogP contribution is -2.51. The van der Waals surface area contributed by atoms with Gasteiger partial charge in [0.25, 0.3) is 0 Å². The van der Waals surface area contributed by atoms with Crippen LogP contribution in [-0.2, 0) is 11.2 Å². The number of piperazine rings is 1. The molecule has 0 radical (unpaired) electrons. The quantitative estimate of drug-likeness (QED) is 0.793. The number of benzene rings is 2. The largest absolute Gasteiger partial charge is 0.491 e. The first-order valence-electron chi connectivity index (χ1n) is 9.62. The van der Waals surface area contributed by atoms with Crippen LogP contribution in [0.3, 0.4) is 0 Å². The van der Waals surface area contributed by atoms with Gasteiger partial charge in [-0.15, -0.1) is 0 Å². The standard InChI is InChI=1S/C22H27FN2O3/c1-17-2-8-21(9-3-17)28-16-20(26)15-24-10-12-25(13-11-24)22(27)14-18-4-6-19(23)7-5-18/h2-9,20,26H,10-16H2,1H3. The molecule has 0 aliphatic carbocycles. The number of halogens is 1. The molecule has 1 N–H and O–H groups in total. The minimum Gasteiger partial charge on any atom is -0.491 e. The second-order valence-electron chi connectivity index (χ2n) is 7.26. The smallest absolute Gasteiger partial charge is 0.227 e. The minimum absolute atomic E-state index is 0.0505. The molecule has 6 heteroatoms. The molecule has 0 aromatic heterocycles. The van der Waals surface area contributed by atoms with Gasteiger partial charge in [0.1, 0.15) is 24.3 Å². The molecule has 0 spiro atoms. The van der Waals surface area contributed by atoms with E-state index in [1.54, 1.807) is 12.1 Å². The Labute approximate surface area is 165 Å². The third kappa shape index (κ3) is 6.04. The van der Waals surface area contributed by atoms with Crippen LogP contribution in [0.25, 0.3) is 0 Å². The predicted molar refractivity (Wildman–Crippen MR) is 106 cm³/mol. The highest BCUT2D eigenvalue weighted by atomic mass is 19.1. The first kappa shape index (κ1) is 20.3. The van der Waals surface area contributed by atoms with E-state index in [9.17, 15) is 14.3 Å². The highest BCUT2D eigenvalue weighted by molar-refractivity contribution is 5.78. The van der Waals surface area contributed by atoms with Crippen LogP contribution in [0.2, 0.25) is 0 Å². The highest BCUT2D eigenvalue weighted by Crippen LogP contribution is 2.12. The van der Waals surface area contributed by atoms with Crippen molar-refractivity contribution >= 4 is 5.91 Å². The van der Waals surface area contributed by atoms with Gasteiger partial charge in [-0.2, -0.15) is 0 Å². The number of aliphatic hydroxyl groups excluding tert-OH is 1. The number of nitrogens with zero attached hydrogens (tertiary/aromatic N) is 2. The summed E-state index contributed by atoms with van der Waals surface area (Å²) < 4.78 is 18.6. The van der Waals surface area contributed by atoms with Crippen molar-refractivity contribution < 1.29 is 19.0 Å². The number of amides is 1. The van der Waals surface area contributed by atoms with Crippen molar-refractivity contribution in [1.29, 1.82) is 0 Å². The number of aryl methyl sites for hydroxylation is 1. The predicted octanol–water partition coefficient (Wildman–Crippen LogP) is 2.26. The van der Waals surface area contributed by atoms with Gasteiger partial charge in [-0.1, -0.05) is 29.8 Å². The summed E-state index contributed by atoms with van der Waals surface area (Å²) in [7, 11) is 0. The van der Waals surface area contributed by atoms with Gasteiger partial charge in [-0.3, -0.25) is 9.69 Å². The van der Waals surface area contributed by atoms with E-state index in [0.29, 0.717) is 19.6 Å². The molecule has 2 aromatic carbocycles. The summed E-state index contributed by atoms with van der Waals surface area (Å²) in [5.41, 5.74) is 1.98. The van der Waals surface area contributed by atoms with Crippen molar-refractivity contribution in [3.63, 3.8) is 0 Å². The monoisotopic (exact) mass is 386 g/mol. The van der Waals surface area contributed by atoms with Gasteiger partial charge in [-0.05, 0) is 36.8 Å². The third-order valence-electron chi connectivity index (χ3n) is 4.93. The van der Waals surface area contributed by atoms with E-state index < -0.39 is 6.10 Å². The molecule has 1 heterocycles. The average molecular weight is 386 g/mol. The van der Waals surface area contributed by atoms with Crippen LogP contribution >= 0.6 is 0 Å². The molecule has 150 valence electrons. The molecule has 1 aliphatic heterocycles. The molecule has 2 aromatic rings. The number of ether oxygens (including phenoxy) is 1. The Morgan fingerprint density at radius 1 is 1.07 bits per heavy atom. The van der Waals surface area contributed by atoms with Gasteiger partial charge in [0.15, 0.2) is 0 Å². The van der Waals surface area contributed by atoms with Crippen LogP contribution in [0.4, 0.5) is 4.39 Å². The maximum atomic E-state index is 13.0. The van der Waals surface area contributed by atoms with Crippen LogP contribution in [0, 0.1) is 12.7 Å². The number of rotatable bonds is 7. The first-order chi connectivity index (χ1) is 13.5. The summed E-state index contributed by atoms with van der Waals surface area (Å²) in [5.74, 6) is 0.505. The van der Waals surface area contributed by atoms with Crippen LogP contribution in [-0.4, -0.2) is 66.2 Å². The summed E-state index contributed by atoms with van der Waals surface area (Å²) >= 11 is 0. The maximum absolute atomic E-state index is 13.0. The van der Waals surface area contributed by atoms with E-state index in [2.05, 4.69) is 4.90 Å². The summed E-state index contributed by atoms with van der Waals surface area (Å²) in [4.78, 5) is 16.4. The number of hydrogen-bond acceptors (Lipinski definition) is 4. The van der Waals surface area contributed by atoms with E-state index in [1.165, 1.54) is 17.7 Å². The molecular weight excluding hydrogens is 359 g/mol. The number of carbonyl (C=O) groups is 1. The topological polar surface area (TPSA) is 53.0 Å². The Morgan fingerprint density at radius 2 is 1.71 bits per heavy atom. The molecule has 3 rings (SSSR count). The molecule has 5 nitrogen and oxygen atoms in total. The van der Waals surface area contributed by atoms with Crippen molar-refractivity contribution in [3.8, 4) is 5.75 Å². The fourth-order valence-corrected chi connectivity index (χ4v) is 3.25. The zero-order valence-corrected chi connectivity index (χ0v) is 16.2. The molecule has 28 heavy (non-hydrogen) atoms. The molecule has 1 amide bonds. The normalized spacial score (nSPS) is 16.0. The zero-order valence-electron chi connectivity index (χ0n) is 16.2. The van der Waals surface area contributed by atoms with Crippen LogP contribution in [0.1, 0.15) is 11.1 Å². The Bertz CT molecular complexity index is 756. The van der Waals surface area contributed by atoms with Crippen molar-refractivity contribution in [2.75, 3.05) is 39.3 Å². The van der Waals surface area contributed by atoms with Crippen molar-refractivity contribution in [2.45, 2.75) is 19.4 Å². The second-order valence-corrected chi connectivity index (χ2v) is 7.26. The van der Waals surface area contributed by atoms with E-state index in [-0.39, 0.29) is 24.8 Å². The van der Waals surface area contributed by atoms with Gasteiger partial charge in [-0.25, -0.2) is 4.39 Å². The van der Waals surface area contributed by atoms with Gasteiger partial charge >= 0.3 is 0 Å². The molecule has 1 aliphatic rings. The summed E-state index contributed by atoms with van der Waals surface area (Å²) in [5, 5.41) is 10.2. The lowest BCUT2D eigenvalue weighted by Gasteiger charge is -2.35. The Hall–Kier alpha value is -2.44. The van der Waals surface area contributed by atoms with E-state index in [4.69, 9.17) is 4.74 Å². The molecule has 1 atom stereocenters.